The molecule has 1 aromatic heterocycles. The van der Waals surface area contributed by atoms with Crippen LogP contribution in [0.15, 0.2) is 21.7 Å². The molecule has 0 amide bonds. The molecule has 0 aliphatic carbocycles. The molecule has 10 nitrogen and oxygen atoms in total. The number of hydrogen-bond donors (Lipinski definition) is 0. The summed E-state index contributed by atoms with van der Waals surface area (Å²) in [6, 6.07) is 3.20. The van der Waals surface area contributed by atoms with Crippen LogP contribution in [0, 0.1) is 10.1 Å². The van der Waals surface area contributed by atoms with E-state index < -0.39 is 21.9 Å². The first-order valence-electron chi connectivity index (χ1n) is 7.69. The van der Waals surface area contributed by atoms with Crippen molar-refractivity contribution in [1.82, 2.24) is 9.13 Å². The lowest BCUT2D eigenvalue weighted by molar-refractivity contribution is -0.387. The Bertz CT molecular complexity index is 1030. The van der Waals surface area contributed by atoms with Gasteiger partial charge < -0.3 is 14.2 Å². The summed E-state index contributed by atoms with van der Waals surface area (Å²) in [4.78, 5) is 34.8. The van der Waals surface area contributed by atoms with Gasteiger partial charge in [0.05, 0.1) is 26.3 Å². The van der Waals surface area contributed by atoms with E-state index >= 15 is 0 Å². The Morgan fingerprint density at radius 1 is 0.926 bits per heavy atom. The summed E-state index contributed by atoms with van der Waals surface area (Å²) < 4.78 is 17.5. The first-order valence-corrected chi connectivity index (χ1v) is 7.69. The van der Waals surface area contributed by atoms with Crippen molar-refractivity contribution in [2.45, 2.75) is 0 Å². The maximum atomic E-state index is 12.1. The third-order valence-corrected chi connectivity index (χ3v) is 4.02. The number of nitro groups is 1. The minimum absolute atomic E-state index is 0.134. The fourth-order valence-corrected chi connectivity index (χ4v) is 2.56. The Morgan fingerprint density at radius 3 is 2.00 bits per heavy atom. The van der Waals surface area contributed by atoms with Gasteiger partial charge in [-0.05, 0) is 18.2 Å². The Morgan fingerprint density at radius 2 is 1.48 bits per heavy atom. The van der Waals surface area contributed by atoms with Gasteiger partial charge in [0.25, 0.3) is 0 Å². The molecule has 144 valence electrons. The molecule has 0 saturated heterocycles. The van der Waals surface area contributed by atoms with E-state index in [9.17, 15) is 19.7 Å². The van der Waals surface area contributed by atoms with E-state index in [-0.39, 0.29) is 5.69 Å². The minimum atomic E-state index is -0.984. The summed E-state index contributed by atoms with van der Waals surface area (Å²) in [5, 5.41) is 11.4. The maximum absolute atomic E-state index is 12.1. The number of benzene rings is 1. The molecule has 0 unspecified atom stereocenters. The Balaban J connectivity index is 2.71. The second kappa shape index (κ2) is 7.77. The van der Waals surface area contributed by atoms with E-state index in [1.54, 1.807) is 12.1 Å². The molecule has 0 aliphatic heterocycles. The molecule has 2 rings (SSSR count). The molecule has 10 heteroatoms. The van der Waals surface area contributed by atoms with Gasteiger partial charge in [0, 0.05) is 25.7 Å². The van der Waals surface area contributed by atoms with E-state index in [1.165, 1.54) is 47.6 Å². The van der Waals surface area contributed by atoms with Gasteiger partial charge in [-0.2, -0.15) is 0 Å². The monoisotopic (exact) mass is 377 g/mol. The summed E-state index contributed by atoms with van der Waals surface area (Å²) >= 11 is 0. The fraction of sp³-hybridized carbons (Fsp3) is 0.294. The number of nitrogens with zero attached hydrogens (tertiary/aromatic N) is 3. The van der Waals surface area contributed by atoms with Crippen molar-refractivity contribution in [1.29, 1.82) is 0 Å². The number of ether oxygens (including phenoxy) is 3. The highest BCUT2D eigenvalue weighted by Gasteiger charge is 2.23. The summed E-state index contributed by atoms with van der Waals surface area (Å²) in [6.45, 7) is 0. The van der Waals surface area contributed by atoms with Gasteiger partial charge in [0.2, 0.25) is 0 Å². The van der Waals surface area contributed by atoms with Gasteiger partial charge in [-0.3, -0.25) is 24.0 Å². The third-order valence-electron chi connectivity index (χ3n) is 4.02. The van der Waals surface area contributed by atoms with Crippen LogP contribution in [0.25, 0.3) is 12.2 Å². The van der Waals surface area contributed by atoms with Gasteiger partial charge in [-0.1, -0.05) is 0 Å². The molecule has 0 spiro atoms. The number of rotatable bonds is 6. The smallest absolute Gasteiger partial charge is 0.357 e. The molecule has 1 aromatic carbocycles. The predicted molar refractivity (Wildman–Crippen MR) is 98.6 cm³/mol. The highest BCUT2D eigenvalue weighted by atomic mass is 16.6. The van der Waals surface area contributed by atoms with Crippen LogP contribution in [0.3, 0.4) is 0 Å². The van der Waals surface area contributed by atoms with Gasteiger partial charge in [0.1, 0.15) is 11.4 Å². The van der Waals surface area contributed by atoms with E-state index in [0.717, 1.165) is 4.57 Å². The van der Waals surface area contributed by atoms with Crippen molar-refractivity contribution < 1.29 is 19.1 Å². The summed E-state index contributed by atoms with van der Waals surface area (Å²) in [6.07, 6.45) is 2.80. The molecule has 0 fully saturated rings. The molecular weight excluding hydrogens is 358 g/mol. The Kier molecular flexibility index (Phi) is 5.69. The normalized spacial score (nSPS) is 10.9. The van der Waals surface area contributed by atoms with Crippen molar-refractivity contribution in [2.75, 3.05) is 21.3 Å². The van der Waals surface area contributed by atoms with Crippen molar-refractivity contribution in [3.05, 3.63) is 54.3 Å². The van der Waals surface area contributed by atoms with Gasteiger partial charge in [0.15, 0.2) is 11.5 Å². The van der Waals surface area contributed by atoms with Gasteiger partial charge in [-0.15, -0.1) is 0 Å². The molecule has 0 atom stereocenters. The standard InChI is InChI=1S/C17H19N3O7/c1-18-11(15(20(23)24)16(21)19(2)17(18)22)7-6-10-8-13(26-4)14(27-5)9-12(10)25-3/h6-9H,1-5H3. The lowest BCUT2D eigenvalue weighted by atomic mass is 10.1. The van der Waals surface area contributed by atoms with Crippen LogP contribution in [0.5, 0.6) is 17.2 Å². The molecule has 1 heterocycles. The summed E-state index contributed by atoms with van der Waals surface area (Å²) in [5.41, 5.74) is -1.98. The average molecular weight is 377 g/mol. The first kappa shape index (κ1) is 19.8. The zero-order chi connectivity index (χ0) is 20.3. The van der Waals surface area contributed by atoms with Crippen LogP contribution in [-0.4, -0.2) is 35.4 Å². The quantitative estimate of drug-likeness (QED) is 0.548. The zero-order valence-electron chi connectivity index (χ0n) is 15.5. The third kappa shape index (κ3) is 3.54. The topological polar surface area (TPSA) is 115 Å². The van der Waals surface area contributed by atoms with Crippen LogP contribution in [0.1, 0.15) is 11.3 Å². The average Bonchev–Trinajstić information content (AvgIpc) is 2.66. The lowest BCUT2D eigenvalue weighted by Crippen LogP contribution is -2.39. The summed E-state index contributed by atoms with van der Waals surface area (Å²) in [7, 11) is 6.93. The Labute approximate surface area is 154 Å². The molecule has 2 aromatic rings. The van der Waals surface area contributed by atoms with Gasteiger partial charge >= 0.3 is 16.9 Å². The number of hydrogen-bond acceptors (Lipinski definition) is 7. The Hall–Kier alpha value is -3.56. The fourth-order valence-electron chi connectivity index (χ4n) is 2.56. The largest absolute Gasteiger partial charge is 0.496 e. The second-order valence-corrected chi connectivity index (χ2v) is 5.48. The molecule has 27 heavy (non-hydrogen) atoms. The van der Waals surface area contributed by atoms with Crippen LogP contribution in [-0.2, 0) is 14.1 Å². The summed E-state index contributed by atoms with van der Waals surface area (Å²) in [5.74, 6) is 1.28. The molecule has 0 N–H and O–H groups in total. The van der Waals surface area contributed by atoms with E-state index in [2.05, 4.69) is 0 Å². The van der Waals surface area contributed by atoms with Crippen molar-refractivity contribution in [2.24, 2.45) is 14.1 Å². The number of methoxy groups -OCH3 is 3. The number of aromatic nitrogens is 2. The van der Waals surface area contributed by atoms with E-state index in [4.69, 9.17) is 14.2 Å². The predicted octanol–water partition coefficient (Wildman–Crippen LogP) is 1.19. The highest BCUT2D eigenvalue weighted by Crippen LogP contribution is 2.35. The molecular formula is C17H19N3O7. The van der Waals surface area contributed by atoms with Crippen LogP contribution in [0.2, 0.25) is 0 Å². The van der Waals surface area contributed by atoms with Crippen molar-refractivity contribution in [3.8, 4) is 17.2 Å². The molecule has 0 bridgehead atoms. The zero-order valence-corrected chi connectivity index (χ0v) is 15.5. The van der Waals surface area contributed by atoms with Gasteiger partial charge in [-0.25, -0.2) is 4.79 Å². The van der Waals surface area contributed by atoms with Crippen molar-refractivity contribution >= 4 is 17.8 Å². The van der Waals surface area contributed by atoms with Crippen LogP contribution in [0.4, 0.5) is 5.69 Å². The lowest BCUT2D eigenvalue weighted by Gasteiger charge is -2.12. The van der Waals surface area contributed by atoms with E-state index in [1.807, 2.05) is 0 Å². The highest BCUT2D eigenvalue weighted by molar-refractivity contribution is 5.76. The molecule has 0 aliphatic rings. The SMILES string of the molecule is COc1cc(OC)c(OC)cc1C=Cc1c([N+](=O)[O-])c(=O)n(C)c(=O)n1C. The molecule has 0 saturated carbocycles. The van der Waals surface area contributed by atoms with Crippen molar-refractivity contribution in [3.63, 3.8) is 0 Å². The second-order valence-electron chi connectivity index (χ2n) is 5.48. The minimum Gasteiger partial charge on any atom is -0.496 e. The van der Waals surface area contributed by atoms with E-state index in [0.29, 0.717) is 27.4 Å². The van der Waals surface area contributed by atoms with Crippen LogP contribution < -0.4 is 25.5 Å². The molecule has 0 radical (unpaired) electrons. The first-order chi connectivity index (χ1) is 12.8. The maximum Gasteiger partial charge on any atom is 0.357 e. The van der Waals surface area contributed by atoms with Crippen LogP contribution >= 0.6 is 0 Å².